The van der Waals surface area contributed by atoms with Gasteiger partial charge in [-0.05, 0) is 50.3 Å². The third-order valence-electron chi connectivity index (χ3n) is 4.86. The molecule has 1 aromatic rings. The molecule has 116 valence electrons. The Morgan fingerprint density at radius 2 is 1.90 bits per heavy atom. The van der Waals surface area contributed by atoms with E-state index >= 15 is 0 Å². The van der Waals surface area contributed by atoms with Crippen LogP contribution in [0.25, 0.3) is 0 Å². The SMILES string of the molecule is Fc1cccc(N2CCCC(NCC3CCCC3)C2)c1F. The molecular formula is C17H24F2N2. The van der Waals surface area contributed by atoms with Gasteiger partial charge in [-0.15, -0.1) is 0 Å². The summed E-state index contributed by atoms with van der Waals surface area (Å²) in [6.45, 7) is 2.65. The van der Waals surface area contributed by atoms with Gasteiger partial charge in [-0.2, -0.15) is 0 Å². The first-order valence-electron chi connectivity index (χ1n) is 8.16. The summed E-state index contributed by atoms with van der Waals surface area (Å²) in [4.78, 5) is 1.98. The minimum Gasteiger partial charge on any atom is -0.368 e. The number of hydrogen-bond donors (Lipinski definition) is 1. The molecule has 3 rings (SSSR count). The summed E-state index contributed by atoms with van der Waals surface area (Å²) < 4.78 is 27.3. The van der Waals surface area contributed by atoms with Gasteiger partial charge in [0.1, 0.15) is 0 Å². The summed E-state index contributed by atoms with van der Waals surface area (Å²) in [7, 11) is 0. The van der Waals surface area contributed by atoms with Gasteiger partial charge in [0.05, 0.1) is 5.69 Å². The molecule has 2 fully saturated rings. The molecule has 0 amide bonds. The zero-order valence-corrected chi connectivity index (χ0v) is 12.5. The summed E-state index contributed by atoms with van der Waals surface area (Å²) >= 11 is 0. The maximum Gasteiger partial charge on any atom is 0.182 e. The Hall–Kier alpha value is -1.16. The molecule has 1 saturated heterocycles. The Labute approximate surface area is 125 Å². The standard InChI is InChI=1S/C17H24F2N2/c18-15-8-3-9-16(17(15)19)21-10-4-7-14(12-21)20-11-13-5-1-2-6-13/h3,8-9,13-14,20H,1-2,4-7,10-12H2. The number of benzene rings is 1. The average Bonchev–Trinajstić information content (AvgIpc) is 3.02. The molecule has 2 aliphatic rings. The average molecular weight is 294 g/mol. The second-order valence-electron chi connectivity index (χ2n) is 6.42. The summed E-state index contributed by atoms with van der Waals surface area (Å²) in [6, 6.07) is 4.83. The molecule has 1 unspecified atom stereocenters. The van der Waals surface area contributed by atoms with Gasteiger partial charge in [0.2, 0.25) is 0 Å². The van der Waals surface area contributed by atoms with Crippen LogP contribution in [0, 0.1) is 17.6 Å². The van der Waals surface area contributed by atoms with Crippen molar-refractivity contribution in [2.24, 2.45) is 5.92 Å². The third-order valence-corrected chi connectivity index (χ3v) is 4.86. The second kappa shape index (κ2) is 6.73. The zero-order chi connectivity index (χ0) is 14.7. The highest BCUT2D eigenvalue weighted by Crippen LogP contribution is 2.26. The van der Waals surface area contributed by atoms with Gasteiger partial charge in [-0.3, -0.25) is 0 Å². The van der Waals surface area contributed by atoms with E-state index in [2.05, 4.69) is 5.32 Å². The van der Waals surface area contributed by atoms with Crippen molar-refractivity contribution in [3.8, 4) is 0 Å². The van der Waals surface area contributed by atoms with Crippen LogP contribution < -0.4 is 10.2 Å². The number of anilines is 1. The Morgan fingerprint density at radius 1 is 1.10 bits per heavy atom. The van der Waals surface area contributed by atoms with Gasteiger partial charge in [0.25, 0.3) is 0 Å². The molecule has 0 bridgehead atoms. The molecule has 0 radical (unpaired) electrons. The Morgan fingerprint density at radius 3 is 2.71 bits per heavy atom. The fourth-order valence-corrected chi connectivity index (χ4v) is 3.65. The zero-order valence-electron chi connectivity index (χ0n) is 12.5. The number of nitrogens with one attached hydrogen (secondary N) is 1. The van der Waals surface area contributed by atoms with E-state index in [0.29, 0.717) is 11.7 Å². The molecule has 21 heavy (non-hydrogen) atoms. The van der Waals surface area contributed by atoms with E-state index < -0.39 is 11.6 Å². The number of halogens is 2. The molecule has 4 heteroatoms. The summed E-state index contributed by atoms with van der Waals surface area (Å²) in [5.74, 6) is -0.659. The van der Waals surface area contributed by atoms with Gasteiger partial charge in [-0.25, -0.2) is 8.78 Å². The van der Waals surface area contributed by atoms with Crippen LogP contribution in [0.1, 0.15) is 38.5 Å². The topological polar surface area (TPSA) is 15.3 Å². The summed E-state index contributed by atoms with van der Waals surface area (Å²) in [6.07, 6.45) is 7.54. The van der Waals surface area contributed by atoms with Crippen LogP contribution in [-0.4, -0.2) is 25.7 Å². The predicted octanol–water partition coefficient (Wildman–Crippen LogP) is 3.71. The largest absolute Gasteiger partial charge is 0.368 e. The maximum absolute atomic E-state index is 13.9. The van der Waals surface area contributed by atoms with Crippen molar-refractivity contribution in [3.05, 3.63) is 29.8 Å². The highest BCUT2D eigenvalue weighted by molar-refractivity contribution is 5.48. The first-order valence-corrected chi connectivity index (χ1v) is 8.16. The van der Waals surface area contributed by atoms with Crippen molar-refractivity contribution >= 4 is 5.69 Å². The number of piperidine rings is 1. The van der Waals surface area contributed by atoms with Crippen LogP contribution in [0.15, 0.2) is 18.2 Å². The molecule has 1 aliphatic heterocycles. The second-order valence-corrected chi connectivity index (χ2v) is 6.42. The molecule has 1 N–H and O–H groups in total. The normalized spacial score (nSPS) is 23.7. The molecular weight excluding hydrogens is 270 g/mol. The monoisotopic (exact) mass is 294 g/mol. The number of hydrogen-bond acceptors (Lipinski definition) is 2. The van der Waals surface area contributed by atoms with E-state index in [0.717, 1.165) is 38.4 Å². The molecule has 1 aromatic carbocycles. The molecule has 1 saturated carbocycles. The van der Waals surface area contributed by atoms with Crippen molar-refractivity contribution in [1.82, 2.24) is 5.32 Å². The fourth-order valence-electron chi connectivity index (χ4n) is 3.65. The summed E-state index contributed by atoms with van der Waals surface area (Å²) in [5, 5.41) is 3.64. The first kappa shape index (κ1) is 14.8. The molecule has 1 atom stereocenters. The molecule has 0 aromatic heterocycles. The van der Waals surface area contributed by atoms with Crippen LogP contribution >= 0.6 is 0 Å². The Balaban J connectivity index is 1.58. The van der Waals surface area contributed by atoms with E-state index in [1.807, 2.05) is 4.90 Å². The van der Waals surface area contributed by atoms with Gasteiger partial charge in [0.15, 0.2) is 11.6 Å². The molecule has 1 heterocycles. The minimum absolute atomic E-state index is 0.391. The smallest absolute Gasteiger partial charge is 0.182 e. The fraction of sp³-hybridized carbons (Fsp3) is 0.647. The van der Waals surface area contributed by atoms with Gasteiger partial charge < -0.3 is 10.2 Å². The quantitative estimate of drug-likeness (QED) is 0.910. The van der Waals surface area contributed by atoms with Crippen molar-refractivity contribution in [3.63, 3.8) is 0 Å². The highest BCUT2D eigenvalue weighted by Gasteiger charge is 2.24. The lowest BCUT2D eigenvalue weighted by molar-refractivity contribution is 0.381. The minimum atomic E-state index is -0.756. The van der Waals surface area contributed by atoms with Gasteiger partial charge >= 0.3 is 0 Å². The van der Waals surface area contributed by atoms with Gasteiger partial charge in [0, 0.05) is 19.1 Å². The number of nitrogens with zero attached hydrogens (tertiary/aromatic N) is 1. The van der Waals surface area contributed by atoms with Crippen LogP contribution in [0.3, 0.4) is 0 Å². The first-order chi connectivity index (χ1) is 10.2. The number of rotatable bonds is 4. The van der Waals surface area contributed by atoms with Crippen molar-refractivity contribution in [2.75, 3.05) is 24.5 Å². The predicted molar refractivity (Wildman–Crippen MR) is 81.6 cm³/mol. The lowest BCUT2D eigenvalue weighted by Gasteiger charge is -2.35. The van der Waals surface area contributed by atoms with E-state index in [1.165, 1.54) is 31.7 Å². The van der Waals surface area contributed by atoms with E-state index in [4.69, 9.17) is 0 Å². The summed E-state index contributed by atoms with van der Waals surface area (Å²) in [5.41, 5.74) is 0.405. The van der Waals surface area contributed by atoms with Crippen molar-refractivity contribution in [1.29, 1.82) is 0 Å². The maximum atomic E-state index is 13.9. The van der Waals surface area contributed by atoms with Crippen LogP contribution in [0.5, 0.6) is 0 Å². The molecule has 1 aliphatic carbocycles. The van der Waals surface area contributed by atoms with E-state index in [9.17, 15) is 8.78 Å². The van der Waals surface area contributed by atoms with Gasteiger partial charge in [-0.1, -0.05) is 18.9 Å². The van der Waals surface area contributed by atoms with Crippen molar-refractivity contribution < 1.29 is 8.78 Å². The molecule has 0 spiro atoms. The highest BCUT2D eigenvalue weighted by atomic mass is 19.2. The Kier molecular flexibility index (Phi) is 4.73. The van der Waals surface area contributed by atoms with E-state index in [1.54, 1.807) is 12.1 Å². The lowest BCUT2D eigenvalue weighted by Crippen LogP contribution is -2.47. The third kappa shape index (κ3) is 3.54. The van der Waals surface area contributed by atoms with Crippen LogP contribution in [0.2, 0.25) is 0 Å². The Bertz CT molecular complexity index is 472. The van der Waals surface area contributed by atoms with Crippen LogP contribution in [-0.2, 0) is 0 Å². The van der Waals surface area contributed by atoms with Crippen molar-refractivity contribution in [2.45, 2.75) is 44.6 Å². The van der Waals surface area contributed by atoms with E-state index in [-0.39, 0.29) is 0 Å². The lowest BCUT2D eigenvalue weighted by atomic mass is 10.0. The van der Waals surface area contributed by atoms with Crippen LogP contribution in [0.4, 0.5) is 14.5 Å². The molecule has 2 nitrogen and oxygen atoms in total.